The molecule has 2 N–H and O–H groups in total. The molecule has 1 aromatic rings. The molecule has 7 nitrogen and oxygen atoms in total. The van der Waals surface area contributed by atoms with E-state index in [-0.39, 0.29) is 12.5 Å². The molecule has 138 valence electrons. The van der Waals surface area contributed by atoms with Crippen molar-refractivity contribution >= 4 is 17.6 Å². The number of guanidine groups is 1. The number of methoxy groups -OCH3 is 1. The second kappa shape index (κ2) is 9.76. The molecule has 7 heteroatoms. The number of carbonyl (C=O) groups excluding carboxylic acids is 1. The van der Waals surface area contributed by atoms with Crippen LogP contribution in [0, 0.1) is 0 Å². The van der Waals surface area contributed by atoms with Crippen molar-refractivity contribution in [3.05, 3.63) is 18.2 Å². The zero-order valence-electron chi connectivity index (χ0n) is 15.3. The van der Waals surface area contributed by atoms with E-state index in [1.54, 1.807) is 7.11 Å². The van der Waals surface area contributed by atoms with Gasteiger partial charge in [0.25, 0.3) is 0 Å². The summed E-state index contributed by atoms with van der Waals surface area (Å²) in [6.07, 6.45) is 2.17. The molecule has 1 fully saturated rings. The molecule has 0 bridgehead atoms. The van der Waals surface area contributed by atoms with E-state index in [0.717, 1.165) is 31.6 Å². The highest BCUT2D eigenvalue weighted by atomic mass is 16.5. The Morgan fingerprint density at radius 1 is 1.24 bits per heavy atom. The third-order valence-electron chi connectivity index (χ3n) is 3.90. The number of hydrogen-bond acceptors (Lipinski definition) is 4. The number of anilines is 1. The van der Waals surface area contributed by atoms with Gasteiger partial charge in [0.15, 0.2) is 17.5 Å². The average Bonchev–Trinajstić information content (AvgIpc) is 3.15. The summed E-state index contributed by atoms with van der Waals surface area (Å²) in [6, 6.07) is 5.58. The lowest BCUT2D eigenvalue weighted by Crippen LogP contribution is -2.34. The molecule has 0 radical (unpaired) electrons. The summed E-state index contributed by atoms with van der Waals surface area (Å²) in [5.74, 6) is 1.99. The lowest BCUT2D eigenvalue weighted by atomic mass is 10.2. The van der Waals surface area contributed by atoms with Crippen molar-refractivity contribution in [3.8, 4) is 11.5 Å². The van der Waals surface area contributed by atoms with Gasteiger partial charge in [-0.1, -0.05) is 0 Å². The molecule has 25 heavy (non-hydrogen) atoms. The van der Waals surface area contributed by atoms with Crippen LogP contribution < -0.4 is 20.1 Å². The lowest BCUT2D eigenvalue weighted by molar-refractivity contribution is -0.128. The van der Waals surface area contributed by atoms with E-state index in [2.05, 4.69) is 15.6 Å². The maximum Gasteiger partial charge on any atom is 0.244 e. The van der Waals surface area contributed by atoms with Crippen molar-refractivity contribution < 1.29 is 14.3 Å². The lowest BCUT2D eigenvalue weighted by Gasteiger charge is -2.16. The monoisotopic (exact) mass is 348 g/mol. The van der Waals surface area contributed by atoms with Gasteiger partial charge < -0.3 is 25.0 Å². The minimum atomic E-state index is 0.0689. The Labute approximate surface area is 149 Å². The van der Waals surface area contributed by atoms with Crippen molar-refractivity contribution in [1.82, 2.24) is 10.2 Å². The van der Waals surface area contributed by atoms with Crippen LogP contribution in [-0.2, 0) is 4.79 Å². The third-order valence-corrected chi connectivity index (χ3v) is 3.90. The van der Waals surface area contributed by atoms with Gasteiger partial charge in [0.1, 0.15) is 6.54 Å². The van der Waals surface area contributed by atoms with Crippen molar-refractivity contribution in [2.24, 2.45) is 4.99 Å². The van der Waals surface area contributed by atoms with Gasteiger partial charge >= 0.3 is 0 Å². The summed E-state index contributed by atoms with van der Waals surface area (Å²) in [7, 11) is 1.61. The van der Waals surface area contributed by atoms with Crippen LogP contribution in [0.3, 0.4) is 0 Å². The molecule has 0 atom stereocenters. The van der Waals surface area contributed by atoms with Crippen LogP contribution in [-0.4, -0.2) is 56.7 Å². The maximum absolute atomic E-state index is 12.2. The van der Waals surface area contributed by atoms with Crippen molar-refractivity contribution in [3.63, 3.8) is 0 Å². The minimum absolute atomic E-state index is 0.0689. The van der Waals surface area contributed by atoms with Crippen molar-refractivity contribution in [1.29, 1.82) is 0 Å². The fourth-order valence-corrected chi connectivity index (χ4v) is 2.68. The first-order valence-corrected chi connectivity index (χ1v) is 8.81. The maximum atomic E-state index is 12.2. The third kappa shape index (κ3) is 5.55. The number of ether oxygens (including phenoxy) is 2. The Morgan fingerprint density at radius 3 is 2.64 bits per heavy atom. The van der Waals surface area contributed by atoms with Gasteiger partial charge in [0.05, 0.1) is 13.7 Å². The van der Waals surface area contributed by atoms with E-state index in [4.69, 9.17) is 9.47 Å². The standard InChI is InChI=1S/C18H28N4O3/c1-4-19-18(20-13-17(23)22-10-6-7-11-22)21-14-8-9-15(24-3)16(12-14)25-5-2/h8-9,12H,4-7,10-11,13H2,1-3H3,(H2,19,20,21). The first kappa shape index (κ1) is 18.9. The molecule has 0 unspecified atom stereocenters. The fraction of sp³-hybridized carbons (Fsp3) is 0.556. The van der Waals surface area contributed by atoms with E-state index in [1.807, 2.05) is 36.9 Å². The summed E-state index contributed by atoms with van der Waals surface area (Å²) in [6.45, 7) is 7.00. The molecule has 0 aromatic heterocycles. The number of likely N-dealkylation sites (tertiary alicyclic amines) is 1. The highest BCUT2D eigenvalue weighted by Gasteiger charge is 2.17. The van der Waals surface area contributed by atoms with Crippen LogP contribution in [0.25, 0.3) is 0 Å². The Kier molecular flexibility index (Phi) is 7.37. The van der Waals surface area contributed by atoms with Crippen LogP contribution in [0.5, 0.6) is 11.5 Å². The quantitative estimate of drug-likeness (QED) is 0.583. The predicted octanol–water partition coefficient (Wildman–Crippen LogP) is 2.09. The molecule has 2 rings (SSSR count). The Hall–Kier alpha value is -2.44. The van der Waals surface area contributed by atoms with Crippen LogP contribution in [0.1, 0.15) is 26.7 Å². The Morgan fingerprint density at radius 2 is 2.00 bits per heavy atom. The summed E-state index contributed by atoms with van der Waals surface area (Å²) in [5, 5.41) is 6.36. The molecule has 1 saturated heterocycles. The smallest absolute Gasteiger partial charge is 0.244 e. The molecule has 0 spiro atoms. The summed E-state index contributed by atoms with van der Waals surface area (Å²) in [5.41, 5.74) is 0.817. The first-order chi connectivity index (χ1) is 12.2. The molecular weight excluding hydrogens is 320 g/mol. The Balaban J connectivity index is 2.05. The molecule has 1 amide bonds. The van der Waals surface area contributed by atoms with Gasteiger partial charge in [-0.25, -0.2) is 4.99 Å². The van der Waals surface area contributed by atoms with Crippen LogP contribution in [0.15, 0.2) is 23.2 Å². The van der Waals surface area contributed by atoms with E-state index in [0.29, 0.717) is 30.6 Å². The number of benzene rings is 1. The highest BCUT2D eigenvalue weighted by Crippen LogP contribution is 2.30. The summed E-state index contributed by atoms with van der Waals surface area (Å²) < 4.78 is 10.9. The summed E-state index contributed by atoms with van der Waals surface area (Å²) >= 11 is 0. The average molecular weight is 348 g/mol. The van der Waals surface area contributed by atoms with Crippen LogP contribution in [0.2, 0.25) is 0 Å². The number of hydrogen-bond donors (Lipinski definition) is 2. The van der Waals surface area contributed by atoms with Crippen molar-refractivity contribution in [2.75, 3.05) is 45.2 Å². The first-order valence-electron chi connectivity index (χ1n) is 8.81. The topological polar surface area (TPSA) is 75.2 Å². The van der Waals surface area contributed by atoms with Gasteiger partial charge in [0.2, 0.25) is 5.91 Å². The van der Waals surface area contributed by atoms with Crippen LogP contribution in [0.4, 0.5) is 5.69 Å². The minimum Gasteiger partial charge on any atom is -0.493 e. The van der Waals surface area contributed by atoms with Gasteiger partial charge in [-0.2, -0.15) is 0 Å². The van der Waals surface area contributed by atoms with Gasteiger partial charge in [0, 0.05) is 31.4 Å². The van der Waals surface area contributed by atoms with Crippen molar-refractivity contribution in [2.45, 2.75) is 26.7 Å². The van der Waals surface area contributed by atoms with E-state index < -0.39 is 0 Å². The number of amides is 1. The van der Waals surface area contributed by atoms with Gasteiger partial charge in [-0.3, -0.25) is 4.79 Å². The molecule has 1 aliphatic rings. The molecule has 1 heterocycles. The van der Waals surface area contributed by atoms with Crippen LogP contribution >= 0.6 is 0 Å². The largest absolute Gasteiger partial charge is 0.493 e. The van der Waals surface area contributed by atoms with Gasteiger partial charge in [-0.15, -0.1) is 0 Å². The molecule has 1 aliphatic heterocycles. The number of rotatable bonds is 7. The van der Waals surface area contributed by atoms with E-state index in [9.17, 15) is 4.79 Å². The molecule has 1 aromatic carbocycles. The number of aliphatic imine (C=N–C) groups is 1. The normalized spacial score (nSPS) is 14.4. The zero-order valence-corrected chi connectivity index (χ0v) is 15.3. The van der Waals surface area contributed by atoms with Gasteiger partial charge in [-0.05, 0) is 38.8 Å². The highest BCUT2D eigenvalue weighted by molar-refractivity contribution is 5.95. The second-order valence-corrected chi connectivity index (χ2v) is 5.71. The number of nitrogens with one attached hydrogen (secondary N) is 2. The predicted molar refractivity (Wildman–Crippen MR) is 99.6 cm³/mol. The molecule has 0 saturated carbocycles. The second-order valence-electron chi connectivity index (χ2n) is 5.71. The molecule has 0 aliphatic carbocycles. The number of nitrogens with zero attached hydrogens (tertiary/aromatic N) is 2. The Bertz CT molecular complexity index is 598. The van der Waals surface area contributed by atoms with E-state index >= 15 is 0 Å². The SMILES string of the molecule is CCNC(=NCC(=O)N1CCCC1)Nc1ccc(OC)c(OCC)c1. The molecular formula is C18H28N4O3. The fourth-order valence-electron chi connectivity index (χ4n) is 2.68. The zero-order chi connectivity index (χ0) is 18.1. The number of carbonyl (C=O) groups is 1. The van der Waals surface area contributed by atoms with E-state index in [1.165, 1.54) is 0 Å². The summed E-state index contributed by atoms with van der Waals surface area (Å²) in [4.78, 5) is 18.4.